The van der Waals surface area contributed by atoms with Crippen LogP contribution in [-0.2, 0) is 20.7 Å². The molecule has 110 valence electrons. The molecule has 0 N–H and O–H groups in total. The Balaban J connectivity index is 1.64. The number of fused-ring (bicyclic) bond motifs is 1. The second kappa shape index (κ2) is 5.87. The molecular formula is C15H16N2O4. The lowest BCUT2D eigenvalue weighted by atomic mass is 10.1. The zero-order valence-corrected chi connectivity index (χ0v) is 11.6. The van der Waals surface area contributed by atoms with Gasteiger partial charge in [-0.3, -0.25) is 4.90 Å². The molecule has 2 heterocycles. The molecule has 2 aliphatic rings. The van der Waals surface area contributed by atoms with Gasteiger partial charge in [-0.1, -0.05) is 35.5 Å². The zero-order valence-electron chi connectivity index (χ0n) is 11.6. The number of hydrogen-bond acceptors (Lipinski definition) is 5. The molecule has 6 nitrogen and oxygen atoms in total. The van der Waals surface area contributed by atoms with Crippen LogP contribution in [0.15, 0.2) is 47.8 Å². The highest BCUT2D eigenvalue weighted by atomic mass is 16.7. The summed E-state index contributed by atoms with van der Waals surface area (Å²) in [5, 5.41) is 4.01. The molecular weight excluding hydrogens is 272 g/mol. The first-order valence-corrected chi connectivity index (χ1v) is 6.72. The van der Waals surface area contributed by atoms with Crippen LogP contribution in [0.3, 0.4) is 0 Å². The maximum absolute atomic E-state index is 11.5. The van der Waals surface area contributed by atoms with Gasteiger partial charge in [0, 0.05) is 6.20 Å². The van der Waals surface area contributed by atoms with Gasteiger partial charge in [0.1, 0.15) is 0 Å². The molecule has 0 unspecified atom stereocenters. The topological polar surface area (TPSA) is 60.4 Å². The van der Waals surface area contributed by atoms with Crippen molar-refractivity contribution < 1.29 is 19.1 Å². The van der Waals surface area contributed by atoms with Crippen molar-refractivity contribution in [1.29, 1.82) is 0 Å². The van der Waals surface area contributed by atoms with E-state index in [9.17, 15) is 4.79 Å². The molecule has 0 aliphatic carbocycles. The fourth-order valence-corrected chi connectivity index (χ4v) is 2.28. The molecule has 0 bridgehead atoms. The van der Waals surface area contributed by atoms with E-state index in [-0.39, 0.29) is 12.2 Å². The molecule has 1 aromatic carbocycles. The zero-order chi connectivity index (χ0) is 14.7. The van der Waals surface area contributed by atoms with E-state index >= 15 is 0 Å². The van der Waals surface area contributed by atoms with Gasteiger partial charge < -0.3 is 14.3 Å². The van der Waals surface area contributed by atoms with Crippen molar-refractivity contribution in [2.45, 2.75) is 18.6 Å². The lowest BCUT2D eigenvalue weighted by molar-refractivity contribution is -0.0579. The Morgan fingerprint density at radius 1 is 1.43 bits per heavy atom. The normalized spacial score (nSPS) is 23.5. The Bertz CT molecular complexity index is 570. The summed E-state index contributed by atoms with van der Waals surface area (Å²) in [5.41, 5.74) is 1.11. The van der Waals surface area contributed by atoms with Gasteiger partial charge in [-0.15, -0.1) is 0 Å². The summed E-state index contributed by atoms with van der Waals surface area (Å²) in [7, 11) is 1.34. The van der Waals surface area contributed by atoms with Crippen molar-refractivity contribution in [3.8, 4) is 0 Å². The highest BCUT2D eigenvalue weighted by Gasteiger charge is 2.35. The fourth-order valence-electron chi connectivity index (χ4n) is 2.28. The van der Waals surface area contributed by atoms with Gasteiger partial charge in [-0.2, -0.15) is 0 Å². The molecule has 1 amide bonds. The molecule has 21 heavy (non-hydrogen) atoms. The predicted octanol–water partition coefficient (Wildman–Crippen LogP) is 1.92. The number of methoxy groups -OCH3 is 1. The maximum atomic E-state index is 11.5. The van der Waals surface area contributed by atoms with Crippen molar-refractivity contribution in [2.24, 2.45) is 5.16 Å². The average molecular weight is 288 g/mol. The lowest BCUT2D eigenvalue weighted by Gasteiger charge is -2.34. The number of amides is 1. The number of ether oxygens (including phenoxy) is 2. The summed E-state index contributed by atoms with van der Waals surface area (Å²) in [5.74, 6) is 0.540. The highest BCUT2D eigenvalue weighted by molar-refractivity contribution is 5.79. The number of benzene rings is 1. The quantitative estimate of drug-likeness (QED) is 0.834. The SMILES string of the molecule is COC(=O)N1C=C[C@H]2OC(Cc3ccccc3)=NO[C@H]2C1. The monoisotopic (exact) mass is 288 g/mol. The van der Waals surface area contributed by atoms with E-state index in [1.165, 1.54) is 12.0 Å². The largest absolute Gasteiger partial charge is 0.467 e. The van der Waals surface area contributed by atoms with E-state index < -0.39 is 6.09 Å². The number of rotatable bonds is 2. The van der Waals surface area contributed by atoms with Crippen molar-refractivity contribution in [1.82, 2.24) is 4.90 Å². The van der Waals surface area contributed by atoms with Gasteiger partial charge in [-0.05, 0) is 11.6 Å². The minimum absolute atomic E-state index is 0.234. The third-order valence-corrected chi connectivity index (χ3v) is 3.37. The van der Waals surface area contributed by atoms with Crippen molar-refractivity contribution >= 4 is 12.0 Å². The van der Waals surface area contributed by atoms with Crippen LogP contribution < -0.4 is 0 Å². The van der Waals surface area contributed by atoms with Gasteiger partial charge in [-0.25, -0.2) is 4.79 Å². The van der Waals surface area contributed by atoms with E-state index in [4.69, 9.17) is 9.57 Å². The first-order chi connectivity index (χ1) is 10.3. The van der Waals surface area contributed by atoms with Crippen molar-refractivity contribution in [3.63, 3.8) is 0 Å². The standard InChI is InChI=1S/C15H16N2O4/c1-19-15(18)17-8-7-12-13(10-17)21-16-14(20-12)9-11-5-3-2-4-6-11/h2-8,12-13H,9-10H2,1H3/t12-,13+/m1/s1. The van der Waals surface area contributed by atoms with Gasteiger partial charge >= 0.3 is 6.09 Å². The van der Waals surface area contributed by atoms with Crippen LogP contribution in [0.4, 0.5) is 4.79 Å². The summed E-state index contributed by atoms with van der Waals surface area (Å²) in [6.07, 6.45) is 3.05. The van der Waals surface area contributed by atoms with Crippen LogP contribution in [0.25, 0.3) is 0 Å². The molecule has 0 saturated carbocycles. The molecule has 0 fully saturated rings. The Hall–Kier alpha value is -2.50. The summed E-state index contributed by atoms with van der Waals surface area (Å²) < 4.78 is 10.5. The highest BCUT2D eigenvalue weighted by Crippen LogP contribution is 2.21. The van der Waals surface area contributed by atoms with Crippen molar-refractivity contribution in [2.75, 3.05) is 13.7 Å². The Kier molecular flexibility index (Phi) is 3.77. The minimum atomic E-state index is -0.424. The van der Waals surface area contributed by atoms with Gasteiger partial charge in [0.25, 0.3) is 0 Å². The lowest BCUT2D eigenvalue weighted by Crippen LogP contribution is -2.47. The number of nitrogens with zero attached hydrogens (tertiary/aromatic N) is 2. The predicted molar refractivity (Wildman–Crippen MR) is 75.6 cm³/mol. The fraction of sp³-hybridized carbons (Fsp3) is 0.333. The first kappa shape index (κ1) is 13.5. The van der Waals surface area contributed by atoms with E-state index in [2.05, 4.69) is 9.89 Å². The Morgan fingerprint density at radius 2 is 2.24 bits per heavy atom. The van der Waals surface area contributed by atoms with Crippen LogP contribution in [-0.4, -0.2) is 42.8 Å². The average Bonchev–Trinajstić information content (AvgIpc) is 2.54. The summed E-state index contributed by atoms with van der Waals surface area (Å²) in [6, 6.07) is 9.92. The van der Waals surface area contributed by atoms with E-state index in [1.807, 2.05) is 30.3 Å². The number of carbonyl (C=O) groups is 1. The Morgan fingerprint density at radius 3 is 3.00 bits per heavy atom. The number of hydrogen-bond donors (Lipinski definition) is 0. The minimum Gasteiger partial charge on any atom is -0.467 e. The summed E-state index contributed by atoms with van der Waals surface area (Å²) in [6.45, 7) is 0.357. The molecule has 0 aromatic heterocycles. The van der Waals surface area contributed by atoms with Crippen LogP contribution in [0.5, 0.6) is 0 Å². The number of oxime groups is 1. The molecule has 0 radical (unpaired) electrons. The summed E-state index contributed by atoms with van der Waals surface area (Å²) >= 11 is 0. The molecule has 2 aliphatic heterocycles. The van der Waals surface area contributed by atoms with Gasteiger partial charge in [0.2, 0.25) is 5.90 Å². The van der Waals surface area contributed by atoms with Gasteiger partial charge in [0.15, 0.2) is 12.2 Å². The van der Waals surface area contributed by atoms with Gasteiger partial charge in [0.05, 0.1) is 20.1 Å². The van der Waals surface area contributed by atoms with Crippen LogP contribution in [0.1, 0.15) is 5.56 Å². The molecule has 1 aromatic rings. The first-order valence-electron chi connectivity index (χ1n) is 6.72. The number of carbonyl (C=O) groups excluding carboxylic acids is 1. The Labute approximate surface area is 122 Å². The third-order valence-electron chi connectivity index (χ3n) is 3.37. The van der Waals surface area contributed by atoms with Crippen LogP contribution in [0.2, 0.25) is 0 Å². The van der Waals surface area contributed by atoms with Crippen LogP contribution in [0, 0.1) is 0 Å². The van der Waals surface area contributed by atoms with E-state index in [0.29, 0.717) is 18.9 Å². The molecule has 0 saturated heterocycles. The molecule has 6 heteroatoms. The third kappa shape index (κ3) is 2.99. The molecule has 3 rings (SSSR count). The molecule has 2 atom stereocenters. The van der Waals surface area contributed by atoms with Crippen molar-refractivity contribution in [3.05, 3.63) is 48.2 Å². The summed E-state index contributed by atoms with van der Waals surface area (Å²) in [4.78, 5) is 18.4. The van der Waals surface area contributed by atoms with Crippen LogP contribution >= 0.6 is 0 Å². The van der Waals surface area contributed by atoms with E-state index in [1.54, 1.807) is 12.3 Å². The van der Waals surface area contributed by atoms with E-state index in [0.717, 1.165) is 5.56 Å². The maximum Gasteiger partial charge on any atom is 0.413 e. The second-order valence-electron chi connectivity index (χ2n) is 4.84. The second-order valence-corrected chi connectivity index (χ2v) is 4.84. The smallest absolute Gasteiger partial charge is 0.413 e. The molecule has 0 spiro atoms.